The summed E-state index contributed by atoms with van der Waals surface area (Å²) < 4.78 is 5.46. The first-order valence-corrected chi connectivity index (χ1v) is 7.90. The number of aliphatic hydroxyl groups excluding tert-OH is 1. The molecule has 1 heterocycles. The molecule has 1 atom stereocenters. The van der Waals surface area contributed by atoms with Gasteiger partial charge in [0.15, 0.2) is 0 Å². The van der Waals surface area contributed by atoms with Crippen molar-refractivity contribution in [2.45, 2.75) is 38.9 Å². The normalized spacial score (nSPS) is 18.0. The fourth-order valence-corrected chi connectivity index (χ4v) is 2.61. The third-order valence-corrected chi connectivity index (χ3v) is 3.76. The molecule has 3 nitrogen and oxygen atoms in total. The van der Waals surface area contributed by atoms with Gasteiger partial charge in [-0.05, 0) is 32.3 Å². The average Bonchev–Trinajstić information content (AvgIpc) is 2.48. The van der Waals surface area contributed by atoms with E-state index in [0.29, 0.717) is 13.2 Å². The van der Waals surface area contributed by atoms with Crippen molar-refractivity contribution in [3.8, 4) is 0 Å². The summed E-state index contributed by atoms with van der Waals surface area (Å²) >= 11 is 0. The summed E-state index contributed by atoms with van der Waals surface area (Å²) in [5, 5.41) is 9.97. The van der Waals surface area contributed by atoms with Gasteiger partial charge in [0.2, 0.25) is 0 Å². The van der Waals surface area contributed by atoms with Gasteiger partial charge in [0, 0.05) is 19.6 Å². The molecule has 1 fully saturated rings. The van der Waals surface area contributed by atoms with Crippen LogP contribution in [-0.4, -0.2) is 48.5 Å². The smallest absolute Gasteiger partial charge is 0.0900 e. The first-order chi connectivity index (χ1) is 10.1. The van der Waals surface area contributed by atoms with Crippen molar-refractivity contribution >= 4 is 6.08 Å². The molecule has 1 N–H and O–H groups in total. The number of benzene rings is 1. The van der Waals surface area contributed by atoms with Crippen LogP contribution in [0.4, 0.5) is 0 Å². The first-order valence-electron chi connectivity index (χ1n) is 7.90. The maximum atomic E-state index is 9.97. The van der Waals surface area contributed by atoms with Crippen LogP contribution in [0.1, 0.15) is 32.3 Å². The predicted octanol–water partition coefficient (Wildman–Crippen LogP) is 2.95. The maximum absolute atomic E-state index is 9.97. The highest BCUT2D eigenvalue weighted by atomic mass is 16.5. The van der Waals surface area contributed by atoms with E-state index in [2.05, 4.69) is 35.2 Å². The van der Waals surface area contributed by atoms with E-state index in [9.17, 15) is 5.11 Å². The van der Waals surface area contributed by atoms with Crippen LogP contribution in [-0.2, 0) is 4.74 Å². The fraction of sp³-hybridized carbons (Fsp3) is 0.556. The SMILES string of the molecule is CC(C)OCC(O)CN1CCC(=Cc2ccccc2)CC1. The molecule has 21 heavy (non-hydrogen) atoms. The monoisotopic (exact) mass is 289 g/mol. The Morgan fingerprint density at radius 3 is 2.48 bits per heavy atom. The van der Waals surface area contributed by atoms with Gasteiger partial charge in [-0.1, -0.05) is 42.0 Å². The molecule has 3 heteroatoms. The molecule has 0 spiro atoms. The van der Waals surface area contributed by atoms with Gasteiger partial charge >= 0.3 is 0 Å². The Labute approximate surface area is 128 Å². The van der Waals surface area contributed by atoms with E-state index in [-0.39, 0.29) is 12.2 Å². The molecule has 2 rings (SSSR count). The van der Waals surface area contributed by atoms with Crippen molar-refractivity contribution in [3.05, 3.63) is 41.5 Å². The summed E-state index contributed by atoms with van der Waals surface area (Å²) in [5.41, 5.74) is 2.79. The van der Waals surface area contributed by atoms with E-state index >= 15 is 0 Å². The molecule has 1 aliphatic heterocycles. The Bertz CT molecular complexity index is 432. The van der Waals surface area contributed by atoms with Gasteiger partial charge in [0.25, 0.3) is 0 Å². The second kappa shape index (κ2) is 8.32. The highest BCUT2D eigenvalue weighted by molar-refractivity contribution is 5.52. The lowest BCUT2D eigenvalue weighted by molar-refractivity contribution is -0.00926. The topological polar surface area (TPSA) is 32.7 Å². The summed E-state index contributed by atoms with van der Waals surface area (Å²) in [7, 11) is 0. The van der Waals surface area contributed by atoms with Crippen LogP contribution in [0.2, 0.25) is 0 Å². The van der Waals surface area contributed by atoms with Crippen LogP contribution < -0.4 is 0 Å². The van der Waals surface area contributed by atoms with Gasteiger partial charge in [-0.2, -0.15) is 0 Å². The summed E-state index contributed by atoms with van der Waals surface area (Å²) in [6.45, 7) is 7.18. The number of β-amino-alcohol motifs (C(OH)–C–C–N with tert-alkyl or cyclic N) is 1. The van der Waals surface area contributed by atoms with Crippen LogP contribution in [0.3, 0.4) is 0 Å². The molecule has 0 radical (unpaired) electrons. The summed E-state index contributed by atoms with van der Waals surface area (Å²) in [6, 6.07) is 10.5. The molecule has 1 saturated heterocycles. The molecular formula is C18H27NO2. The molecule has 1 unspecified atom stereocenters. The minimum absolute atomic E-state index is 0.182. The number of nitrogens with zero attached hydrogens (tertiary/aromatic N) is 1. The lowest BCUT2D eigenvalue weighted by atomic mass is 10.0. The quantitative estimate of drug-likeness (QED) is 0.874. The van der Waals surface area contributed by atoms with Gasteiger partial charge in [-0.3, -0.25) is 0 Å². The Morgan fingerprint density at radius 1 is 1.19 bits per heavy atom. The van der Waals surface area contributed by atoms with E-state index in [1.54, 1.807) is 0 Å². The molecule has 116 valence electrons. The highest BCUT2D eigenvalue weighted by Gasteiger charge is 2.17. The summed E-state index contributed by atoms with van der Waals surface area (Å²) in [6.07, 6.45) is 4.28. The molecule has 0 bridgehead atoms. The van der Waals surface area contributed by atoms with Crippen molar-refractivity contribution in [2.24, 2.45) is 0 Å². The summed E-state index contributed by atoms with van der Waals surface area (Å²) in [4.78, 5) is 2.33. The minimum Gasteiger partial charge on any atom is -0.389 e. The molecule has 0 amide bonds. The zero-order chi connectivity index (χ0) is 15.1. The number of piperidine rings is 1. The largest absolute Gasteiger partial charge is 0.389 e. The van der Waals surface area contributed by atoms with Crippen molar-refractivity contribution in [1.29, 1.82) is 0 Å². The van der Waals surface area contributed by atoms with E-state index in [4.69, 9.17) is 4.74 Å². The Hall–Kier alpha value is -1.16. The maximum Gasteiger partial charge on any atom is 0.0900 e. The van der Waals surface area contributed by atoms with Crippen LogP contribution >= 0.6 is 0 Å². The third kappa shape index (κ3) is 6.00. The van der Waals surface area contributed by atoms with Gasteiger partial charge in [0.1, 0.15) is 0 Å². The van der Waals surface area contributed by atoms with Gasteiger partial charge in [-0.25, -0.2) is 0 Å². The third-order valence-electron chi connectivity index (χ3n) is 3.76. The molecule has 1 aromatic carbocycles. The first kappa shape index (κ1) is 16.2. The number of hydrogen-bond acceptors (Lipinski definition) is 3. The highest BCUT2D eigenvalue weighted by Crippen LogP contribution is 2.19. The lowest BCUT2D eigenvalue weighted by Gasteiger charge is -2.30. The number of rotatable bonds is 6. The second-order valence-electron chi connectivity index (χ2n) is 6.05. The van der Waals surface area contributed by atoms with Crippen molar-refractivity contribution in [2.75, 3.05) is 26.2 Å². The Balaban J connectivity index is 1.74. The van der Waals surface area contributed by atoms with Crippen LogP contribution in [0, 0.1) is 0 Å². The van der Waals surface area contributed by atoms with Crippen molar-refractivity contribution in [3.63, 3.8) is 0 Å². The van der Waals surface area contributed by atoms with Gasteiger partial charge < -0.3 is 14.7 Å². The van der Waals surface area contributed by atoms with E-state index < -0.39 is 0 Å². The van der Waals surface area contributed by atoms with Crippen LogP contribution in [0.5, 0.6) is 0 Å². The zero-order valence-electron chi connectivity index (χ0n) is 13.2. The molecule has 1 aliphatic rings. The predicted molar refractivity (Wildman–Crippen MR) is 87.2 cm³/mol. The second-order valence-corrected chi connectivity index (χ2v) is 6.05. The van der Waals surface area contributed by atoms with Gasteiger partial charge in [-0.15, -0.1) is 0 Å². The average molecular weight is 289 g/mol. The summed E-state index contributed by atoms with van der Waals surface area (Å²) in [5.74, 6) is 0. The Kier molecular flexibility index (Phi) is 6.43. The van der Waals surface area contributed by atoms with Crippen LogP contribution in [0.25, 0.3) is 6.08 Å². The Morgan fingerprint density at radius 2 is 1.86 bits per heavy atom. The lowest BCUT2D eigenvalue weighted by Crippen LogP contribution is -2.39. The zero-order valence-corrected chi connectivity index (χ0v) is 13.2. The molecular weight excluding hydrogens is 262 g/mol. The fourth-order valence-electron chi connectivity index (χ4n) is 2.61. The van der Waals surface area contributed by atoms with Gasteiger partial charge in [0.05, 0.1) is 18.8 Å². The van der Waals surface area contributed by atoms with E-state index in [1.807, 2.05) is 19.9 Å². The standard InChI is InChI=1S/C18H27NO2/c1-15(2)21-14-18(20)13-19-10-8-17(9-11-19)12-16-6-4-3-5-7-16/h3-7,12,15,18,20H,8-11,13-14H2,1-2H3. The molecule has 0 saturated carbocycles. The van der Waals surface area contributed by atoms with E-state index in [0.717, 1.165) is 25.9 Å². The number of ether oxygens (including phenoxy) is 1. The molecule has 1 aromatic rings. The van der Waals surface area contributed by atoms with Crippen LogP contribution in [0.15, 0.2) is 35.9 Å². The van der Waals surface area contributed by atoms with Crippen molar-refractivity contribution < 1.29 is 9.84 Å². The molecule has 0 aromatic heterocycles. The van der Waals surface area contributed by atoms with E-state index in [1.165, 1.54) is 11.1 Å². The minimum atomic E-state index is -0.382. The number of likely N-dealkylation sites (tertiary alicyclic amines) is 1. The number of aliphatic hydroxyl groups is 1. The van der Waals surface area contributed by atoms with Crippen molar-refractivity contribution in [1.82, 2.24) is 4.90 Å². The molecule has 0 aliphatic carbocycles. The number of hydrogen-bond donors (Lipinski definition) is 1.